The summed E-state index contributed by atoms with van der Waals surface area (Å²) in [6, 6.07) is 18.7. The molecule has 0 spiro atoms. The molecule has 2 aromatic carbocycles. The third kappa shape index (κ3) is 5.55. The quantitative estimate of drug-likeness (QED) is 0.187. The van der Waals surface area contributed by atoms with Crippen LogP contribution < -0.4 is 5.48 Å². The van der Waals surface area contributed by atoms with Crippen molar-refractivity contribution in [3.8, 4) is 11.3 Å². The topological polar surface area (TPSA) is 121 Å². The SMILES string of the molecule is CC(=O)OCCONC(=O)c1ccc(-c2ccc3nnn(Cc4ccc5ncccc5c4)c3n2)cc1Cl. The number of hydrogen-bond donors (Lipinski definition) is 1. The summed E-state index contributed by atoms with van der Waals surface area (Å²) < 4.78 is 6.48. The fourth-order valence-corrected chi connectivity index (χ4v) is 4.04. The molecule has 0 aliphatic heterocycles. The molecule has 0 aliphatic carbocycles. The van der Waals surface area contributed by atoms with E-state index in [2.05, 4.69) is 26.8 Å². The molecule has 10 nitrogen and oxygen atoms in total. The van der Waals surface area contributed by atoms with Gasteiger partial charge in [0.25, 0.3) is 5.91 Å². The number of halogens is 1. The lowest BCUT2D eigenvalue weighted by molar-refractivity contribution is -0.143. The number of benzene rings is 2. The zero-order valence-corrected chi connectivity index (χ0v) is 20.5. The Balaban J connectivity index is 1.33. The maximum Gasteiger partial charge on any atom is 0.302 e. The van der Waals surface area contributed by atoms with Crippen molar-refractivity contribution in [2.45, 2.75) is 13.5 Å². The lowest BCUT2D eigenvalue weighted by Gasteiger charge is -2.09. The van der Waals surface area contributed by atoms with Crippen molar-refractivity contribution in [2.75, 3.05) is 13.2 Å². The van der Waals surface area contributed by atoms with Gasteiger partial charge in [0.2, 0.25) is 0 Å². The first-order valence-electron chi connectivity index (χ1n) is 11.4. The summed E-state index contributed by atoms with van der Waals surface area (Å²) >= 11 is 6.39. The Hall–Kier alpha value is -4.41. The number of nitrogens with one attached hydrogen (secondary N) is 1. The minimum absolute atomic E-state index is 0.0166. The Morgan fingerprint density at radius 1 is 1.03 bits per heavy atom. The van der Waals surface area contributed by atoms with Crippen LogP contribution in [0.15, 0.2) is 66.9 Å². The van der Waals surface area contributed by atoms with Crippen LogP contribution in [-0.4, -0.2) is 50.1 Å². The number of rotatable bonds is 8. The first kappa shape index (κ1) is 24.3. The molecule has 5 rings (SSSR count). The lowest BCUT2D eigenvalue weighted by atomic mass is 10.1. The molecular formula is C26H21ClN6O4. The maximum absolute atomic E-state index is 12.4. The second-order valence-electron chi connectivity index (χ2n) is 8.13. The van der Waals surface area contributed by atoms with E-state index in [4.69, 9.17) is 26.2 Å². The molecule has 0 saturated carbocycles. The van der Waals surface area contributed by atoms with Crippen molar-refractivity contribution in [3.05, 3.63) is 83.0 Å². The van der Waals surface area contributed by atoms with E-state index in [1.165, 1.54) is 6.92 Å². The molecule has 0 saturated heterocycles. The number of carbonyl (C=O) groups is 2. The molecule has 37 heavy (non-hydrogen) atoms. The van der Waals surface area contributed by atoms with Gasteiger partial charge in [-0.25, -0.2) is 15.1 Å². The number of aromatic nitrogens is 5. The highest BCUT2D eigenvalue weighted by molar-refractivity contribution is 6.34. The van der Waals surface area contributed by atoms with Gasteiger partial charge in [-0.05, 0) is 48.0 Å². The molecule has 0 atom stereocenters. The van der Waals surface area contributed by atoms with Crippen LogP contribution in [0, 0.1) is 0 Å². The van der Waals surface area contributed by atoms with Gasteiger partial charge in [-0.15, -0.1) is 5.10 Å². The number of ether oxygens (including phenoxy) is 1. The van der Waals surface area contributed by atoms with Crippen LogP contribution in [-0.2, 0) is 20.9 Å². The smallest absolute Gasteiger partial charge is 0.302 e. The van der Waals surface area contributed by atoms with Crippen molar-refractivity contribution >= 4 is 45.5 Å². The molecule has 3 heterocycles. The third-order valence-electron chi connectivity index (χ3n) is 5.52. The van der Waals surface area contributed by atoms with E-state index >= 15 is 0 Å². The van der Waals surface area contributed by atoms with E-state index in [9.17, 15) is 9.59 Å². The minimum Gasteiger partial charge on any atom is -0.463 e. The maximum atomic E-state index is 12.4. The van der Waals surface area contributed by atoms with Crippen LogP contribution in [0.5, 0.6) is 0 Å². The number of fused-ring (bicyclic) bond motifs is 2. The van der Waals surface area contributed by atoms with Gasteiger partial charge in [-0.1, -0.05) is 35.0 Å². The van der Waals surface area contributed by atoms with Crippen molar-refractivity contribution in [1.82, 2.24) is 30.4 Å². The van der Waals surface area contributed by atoms with Crippen LogP contribution in [0.1, 0.15) is 22.8 Å². The van der Waals surface area contributed by atoms with Crippen LogP contribution in [0.3, 0.4) is 0 Å². The second kappa shape index (κ2) is 10.7. The molecule has 11 heteroatoms. The van der Waals surface area contributed by atoms with E-state index in [0.29, 0.717) is 23.4 Å². The Bertz CT molecular complexity index is 1620. The molecule has 0 fully saturated rings. The number of hydroxylamine groups is 1. The Labute approximate surface area is 216 Å². The van der Waals surface area contributed by atoms with Gasteiger partial charge in [-0.2, -0.15) is 0 Å². The summed E-state index contributed by atoms with van der Waals surface area (Å²) in [4.78, 5) is 37.3. The molecule has 0 radical (unpaired) electrons. The number of hydrogen-bond acceptors (Lipinski definition) is 8. The number of amides is 1. The zero-order valence-electron chi connectivity index (χ0n) is 19.7. The number of nitrogens with zero attached hydrogens (tertiary/aromatic N) is 5. The molecule has 0 unspecified atom stereocenters. The predicted molar refractivity (Wildman–Crippen MR) is 137 cm³/mol. The second-order valence-corrected chi connectivity index (χ2v) is 8.54. The normalized spacial score (nSPS) is 11.1. The molecule has 1 N–H and O–H groups in total. The molecule has 186 valence electrons. The molecular weight excluding hydrogens is 496 g/mol. The Morgan fingerprint density at radius 2 is 1.89 bits per heavy atom. The summed E-state index contributed by atoms with van der Waals surface area (Å²) in [5, 5.41) is 9.80. The summed E-state index contributed by atoms with van der Waals surface area (Å²) in [5.41, 5.74) is 7.17. The van der Waals surface area contributed by atoms with Crippen molar-refractivity contribution in [3.63, 3.8) is 0 Å². The number of carbonyl (C=O) groups excluding carboxylic acids is 2. The van der Waals surface area contributed by atoms with Crippen molar-refractivity contribution < 1.29 is 19.2 Å². The summed E-state index contributed by atoms with van der Waals surface area (Å²) in [6.07, 6.45) is 1.77. The van der Waals surface area contributed by atoms with E-state index in [-0.39, 0.29) is 23.8 Å². The summed E-state index contributed by atoms with van der Waals surface area (Å²) in [5.74, 6) is -0.943. The third-order valence-corrected chi connectivity index (χ3v) is 5.84. The average Bonchev–Trinajstić information content (AvgIpc) is 3.30. The first-order chi connectivity index (χ1) is 18.0. The standard InChI is InChI=1S/C26H21ClN6O4/c1-16(34)36-11-12-37-31-26(35)20-6-5-19(14-21(20)27)23-8-9-24-25(29-23)33(32-30-24)15-17-4-7-22-18(13-17)3-2-10-28-22/h2-10,13-14H,11-12,15H2,1H3,(H,31,35). The lowest BCUT2D eigenvalue weighted by Crippen LogP contribution is -2.26. The highest BCUT2D eigenvalue weighted by atomic mass is 35.5. The highest BCUT2D eigenvalue weighted by Crippen LogP contribution is 2.26. The predicted octanol–water partition coefficient (Wildman–Crippen LogP) is 3.97. The molecule has 0 aliphatic rings. The van der Waals surface area contributed by atoms with Gasteiger partial charge in [0, 0.05) is 24.1 Å². The Morgan fingerprint density at radius 3 is 2.73 bits per heavy atom. The van der Waals surface area contributed by atoms with E-state index < -0.39 is 11.9 Å². The monoisotopic (exact) mass is 516 g/mol. The van der Waals surface area contributed by atoms with Gasteiger partial charge in [0.05, 0.1) is 28.3 Å². The van der Waals surface area contributed by atoms with Crippen LogP contribution >= 0.6 is 11.6 Å². The van der Waals surface area contributed by atoms with Gasteiger partial charge in [0.15, 0.2) is 5.65 Å². The fourth-order valence-electron chi connectivity index (χ4n) is 3.77. The number of esters is 1. The van der Waals surface area contributed by atoms with Gasteiger partial charge in [-0.3, -0.25) is 19.4 Å². The number of pyridine rings is 2. The summed E-state index contributed by atoms with van der Waals surface area (Å²) in [7, 11) is 0. The van der Waals surface area contributed by atoms with Gasteiger partial charge < -0.3 is 4.74 Å². The van der Waals surface area contributed by atoms with E-state index in [1.807, 2.05) is 36.4 Å². The van der Waals surface area contributed by atoms with Crippen LogP contribution in [0.4, 0.5) is 0 Å². The Kier molecular flexibility index (Phi) is 7.02. The van der Waals surface area contributed by atoms with Crippen molar-refractivity contribution in [1.29, 1.82) is 0 Å². The van der Waals surface area contributed by atoms with Crippen LogP contribution in [0.2, 0.25) is 5.02 Å². The average molecular weight is 517 g/mol. The summed E-state index contributed by atoms with van der Waals surface area (Å²) in [6.45, 7) is 1.83. The first-order valence-corrected chi connectivity index (χ1v) is 11.7. The van der Waals surface area contributed by atoms with Crippen LogP contribution in [0.25, 0.3) is 33.3 Å². The zero-order chi connectivity index (χ0) is 25.8. The molecule has 3 aromatic heterocycles. The van der Waals surface area contributed by atoms with Gasteiger partial charge >= 0.3 is 5.97 Å². The van der Waals surface area contributed by atoms with Gasteiger partial charge in [0.1, 0.15) is 18.7 Å². The van der Waals surface area contributed by atoms with E-state index in [0.717, 1.165) is 22.0 Å². The fraction of sp³-hybridized carbons (Fsp3) is 0.154. The van der Waals surface area contributed by atoms with E-state index in [1.54, 1.807) is 29.1 Å². The largest absolute Gasteiger partial charge is 0.463 e. The van der Waals surface area contributed by atoms with Crippen molar-refractivity contribution in [2.24, 2.45) is 0 Å². The molecule has 5 aromatic rings. The highest BCUT2D eigenvalue weighted by Gasteiger charge is 2.14. The molecule has 0 bridgehead atoms. The minimum atomic E-state index is -0.518. The molecule has 1 amide bonds.